The van der Waals surface area contributed by atoms with Gasteiger partial charge < -0.3 is 9.64 Å². The molecule has 2 aliphatic heterocycles. The summed E-state index contributed by atoms with van der Waals surface area (Å²) in [4.78, 5) is 5.37. The van der Waals surface area contributed by atoms with Crippen LogP contribution in [0.4, 0.5) is 0 Å². The van der Waals surface area contributed by atoms with Gasteiger partial charge in [0.15, 0.2) is 0 Å². The molecular weight excluding hydrogens is 280 g/mol. The Labute approximate surface area is 134 Å². The molecule has 0 aromatic carbocycles. The predicted octanol–water partition coefficient (Wildman–Crippen LogP) is 2.91. The van der Waals surface area contributed by atoms with Crippen molar-refractivity contribution in [3.63, 3.8) is 0 Å². The van der Waals surface area contributed by atoms with Crippen LogP contribution in [0, 0.1) is 11.3 Å². The van der Waals surface area contributed by atoms with Crippen LogP contribution in [0.3, 0.4) is 0 Å². The maximum Gasteiger partial charge on any atom is 0.0582 e. The second-order valence-corrected chi connectivity index (χ2v) is 8.38. The summed E-state index contributed by atoms with van der Waals surface area (Å²) in [5, 5.41) is 0. The van der Waals surface area contributed by atoms with E-state index in [-0.39, 0.29) is 0 Å². The van der Waals surface area contributed by atoms with E-state index in [2.05, 4.69) is 16.1 Å². The lowest BCUT2D eigenvalue weighted by molar-refractivity contribution is -0.0892. The minimum Gasteiger partial charge on any atom is -0.381 e. The van der Waals surface area contributed by atoms with Gasteiger partial charge in [0.05, 0.1) is 6.10 Å². The third-order valence-corrected chi connectivity index (χ3v) is 6.73. The lowest BCUT2D eigenvalue weighted by Crippen LogP contribution is -2.50. The Balaban J connectivity index is 1.35. The average molecular weight is 313 g/mol. The summed E-state index contributed by atoms with van der Waals surface area (Å²) in [6.07, 6.45) is 11.1. The Morgan fingerprint density at radius 1 is 1.05 bits per heavy atom. The monoisotopic (exact) mass is 312 g/mol. The Kier molecular flexibility index (Phi) is 5.52. The predicted molar refractivity (Wildman–Crippen MR) is 90.8 cm³/mol. The van der Waals surface area contributed by atoms with E-state index < -0.39 is 0 Å². The van der Waals surface area contributed by atoms with Crippen molar-refractivity contribution in [3.8, 4) is 0 Å². The molecule has 4 heteroatoms. The van der Waals surface area contributed by atoms with Gasteiger partial charge >= 0.3 is 0 Å². The van der Waals surface area contributed by atoms with Gasteiger partial charge in [-0.2, -0.15) is 0 Å². The van der Waals surface area contributed by atoms with Crippen LogP contribution < -0.4 is 0 Å². The molecule has 1 aliphatic carbocycles. The summed E-state index contributed by atoms with van der Waals surface area (Å²) in [5.41, 5.74) is 0.666. The molecule has 0 amide bonds. The van der Waals surface area contributed by atoms with Crippen LogP contribution >= 0.6 is 11.8 Å². The van der Waals surface area contributed by atoms with Gasteiger partial charge in [-0.05, 0) is 82.3 Å². The largest absolute Gasteiger partial charge is 0.381 e. The molecule has 2 saturated heterocycles. The first-order chi connectivity index (χ1) is 10.2. The number of thioether (sulfide) groups is 1. The minimum absolute atomic E-state index is 0.567. The van der Waals surface area contributed by atoms with Crippen molar-refractivity contribution < 1.29 is 4.74 Å². The quantitative estimate of drug-likeness (QED) is 0.775. The number of methoxy groups -OCH3 is 1. The van der Waals surface area contributed by atoms with Crippen molar-refractivity contribution in [2.24, 2.45) is 11.3 Å². The lowest BCUT2D eigenvalue weighted by Gasteiger charge is -2.52. The van der Waals surface area contributed by atoms with Crippen LogP contribution in [0.2, 0.25) is 0 Å². The second kappa shape index (κ2) is 7.20. The number of piperidine rings is 2. The first-order valence-corrected chi connectivity index (χ1v) is 10.1. The molecule has 1 spiro atoms. The van der Waals surface area contributed by atoms with E-state index in [4.69, 9.17) is 4.74 Å². The van der Waals surface area contributed by atoms with Crippen molar-refractivity contribution in [1.82, 2.24) is 9.80 Å². The van der Waals surface area contributed by atoms with Crippen molar-refractivity contribution in [3.05, 3.63) is 0 Å². The fourth-order valence-corrected chi connectivity index (χ4v) is 5.16. The van der Waals surface area contributed by atoms with Gasteiger partial charge in [0, 0.05) is 19.5 Å². The number of hydrogen-bond acceptors (Lipinski definition) is 4. The Hall–Kier alpha value is 0.230. The average Bonchev–Trinajstić information content (AvgIpc) is 2.48. The fraction of sp³-hybridized carbons (Fsp3) is 1.00. The van der Waals surface area contributed by atoms with E-state index >= 15 is 0 Å². The van der Waals surface area contributed by atoms with Gasteiger partial charge in [-0.25, -0.2) is 0 Å². The van der Waals surface area contributed by atoms with Crippen LogP contribution in [0.1, 0.15) is 38.5 Å². The Morgan fingerprint density at radius 2 is 1.71 bits per heavy atom. The zero-order valence-electron chi connectivity index (χ0n) is 13.9. The van der Waals surface area contributed by atoms with Crippen molar-refractivity contribution in [2.75, 3.05) is 52.0 Å². The molecule has 122 valence electrons. The zero-order valence-corrected chi connectivity index (χ0v) is 14.7. The van der Waals surface area contributed by atoms with Crippen molar-refractivity contribution in [2.45, 2.75) is 44.6 Å². The molecule has 0 atom stereocenters. The van der Waals surface area contributed by atoms with E-state index in [1.807, 2.05) is 18.9 Å². The van der Waals surface area contributed by atoms with Crippen LogP contribution in [0.25, 0.3) is 0 Å². The summed E-state index contributed by atoms with van der Waals surface area (Å²) < 4.78 is 5.47. The smallest absolute Gasteiger partial charge is 0.0582 e. The van der Waals surface area contributed by atoms with E-state index in [1.165, 1.54) is 77.1 Å². The topological polar surface area (TPSA) is 15.7 Å². The maximum absolute atomic E-state index is 5.47. The molecule has 0 radical (unpaired) electrons. The molecule has 0 aromatic heterocycles. The van der Waals surface area contributed by atoms with Gasteiger partial charge in [-0.15, -0.1) is 11.8 Å². The van der Waals surface area contributed by atoms with Crippen molar-refractivity contribution in [1.29, 1.82) is 0 Å². The van der Waals surface area contributed by atoms with E-state index in [9.17, 15) is 0 Å². The van der Waals surface area contributed by atoms with Crippen LogP contribution in [0.5, 0.6) is 0 Å². The summed E-state index contributed by atoms with van der Waals surface area (Å²) in [6, 6.07) is 0. The highest BCUT2D eigenvalue weighted by Crippen LogP contribution is 2.50. The van der Waals surface area contributed by atoms with Crippen LogP contribution in [0.15, 0.2) is 0 Å². The molecule has 3 nitrogen and oxygen atoms in total. The zero-order chi connectivity index (χ0) is 14.7. The molecule has 0 N–H and O–H groups in total. The summed E-state index contributed by atoms with van der Waals surface area (Å²) in [6.45, 7) is 6.66. The maximum atomic E-state index is 5.47. The Morgan fingerprint density at radius 3 is 2.29 bits per heavy atom. The first-order valence-electron chi connectivity index (χ1n) is 8.69. The number of ether oxygens (including phenoxy) is 1. The highest BCUT2D eigenvalue weighted by Gasteiger charge is 2.45. The number of hydrogen-bond donors (Lipinski definition) is 0. The molecule has 3 rings (SSSR count). The molecule has 0 unspecified atom stereocenters. The van der Waals surface area contributed by atoms with Crippen molar-refractivity contribution >= 4 is 11.8 Å². The SMILES string of the molecule is COC1CC2(CCN(CC3CCN(CSC)CC3)CC2)C1. The number of nitrogens with zero attached hydrogens (tertiary/aromatic N) is 2. The van der Waals surface area contributed by atoms with Gasteiger partial charge in [-0.1, -0.05) is 0 Å². The molecule has 3 aliphatic rings. The standard InChI is InChI=1S/C17H32N2OS/c1-20-16-11-17(12-16)5-9-18(10-6-17)13-15-3-7-19(8-4-15)14-21-2/h15-16H,3-14H2,1-2H3. The molecule has 3 fully saturated rings. The molecule has 0 bridgehead atoms. The number of rotatable bonds is 5. The molecule has 1 saturated carbocycles. The second-order valence-electron chi connectivity index (χ2n) is 7.55. The fourth-order valence-electron chi connectivity index (χ4n) is 4.54. The molecule has 21 heavy (non-hydrogen) atoms. The third-order valence-electron chi connectivity index (χ3n) is 6.11. The van der Waals surface area contributed by atoms with Gasteiger partial charge in [0.2, 0.25) is 0 Å². The Bertz CT molecular complexity index is 315. The van der Waals surface area contributed by atoms with E-state index in [1.54, 1.807) is 0 Å². The summed E-state index contributed by atoms with van der Waals surface area (Å²) >= 11 is 1.96. The van der Waals surface area contributed by atoms with Gasteiger partial charge in [0.25, 0.3) is 0 Å². The van der Waals surface area contributed by atoms with E-state index in [0.29, 0.717) is 11.5 Å². The lowest BCUT2D eigenvalue weighted by atomic mass is 9.61. The highest BCUT2D eigenvalue weighted by atomic mass is 32.2. The first kappa shape index (κ1) is 16.1. The normalized spacial score (nSPS) is 28.9. The van der Waals surface area contributed by atoms with E-state index in [0.717, 1.165) is 5.92 Å². The van der Waals surface area contributed by atoms with Gasteiger partial charge in [-0.3, -0.25) is 4.90 Å². The molecular formula is C17H32N2OS. The third kappa shape index (κ3) is 3.95. The highest BCUT2D eigenvalue weighted by molar-refractivity contribution is 7.98. The number of likely N-dealkylation sites (tertiary alicyclic amines) is 2. The minimum atomic E-state index is 0.567. The summed E-state index contributed by atoms with van der Waals surface area (Å²) in [5.74, 6) is 2.17. The van der Waals surface area contributed by atoms with Gasteiger partial charge in [0.1, 0.15) is 0 Å². The van der Waals surface area contributed by atoms with Crippen LogP contribution in [-0.2, 0) is 4.74 Å². The van der Waals surface area contributed by atoms with Crippen LogP contribution in [-0.4, -0.2) is 67.9 Å². The summed E-state index contributed by atoms with van der Waals surface area (Å²) in [7, 11) is 1.87. The molecule has 2 heterocycles. The molecule has 0 aromatic rings.